The van der Waals surface area contributed by atoms with Crippen LogP contribution in [0.15, 0.2) is 24.4 Å². The van der Waals surface area contributed by atoms with Gasteiger partial charge in [-0.3, -0.25) is 4.98 Å². The number of aromatic amines is 1. The number of hydrogen-bond donors (Lipinski definition) is 2. The second kappa shape index (κ2) is 4.80. The third-order valence-corrected chi connectivity index (χ3v) is 3.66. The van der Waals surface area contributed by atoms with Crippen molar-refractivity contribution in [3.63, 3.8) is 0 Å². The highest BCUT2D eigenvalue weighted by Gasteiger charge is 2.10. The summed E-state index contributed by atoms with van der Waals surface area (Å²) in [4.78, 5) is 11.7. The molecule has 21 heavy (non-hydrogen) atoms. The Morgan fingerprint density at radius 1 is 1.43 bits per heavy atom. The highest BCUT2D eigenvalue weighted by Crippen LogP contribution is 2.22. The molecule has 0 fully saturated rings. The van der Waals surface area contributed by atoms with Crippen LogP contribution in [-0.4, -0.2) is 29.6 Å². The Bertz CT molecular complexity index is 985. The lowest BCUT2D eigenvalue weighted by molar-refractivity contribution is 0.586. The molecule has 0 radical (unpaired) electrons. The van der Waals surface area contributed by atoms with Crippen LogP contribution in [0.1, 0.15) is 11.4 Å². The molecule has 0 atom stereocenters. The van der Waals surface area contributed by atoms with Gasteiger partial charge in [0.25, 0.3) is 0 Å². The average Bonchev–Trinajstić information content (AvgIpc) is 2.87. The summed E-state index contributed by atoms with van der Waals surface area (Å²) >= 11 is 0. The van der Waals surface area contributed by atoms with Crippen molar-refractivity contribution in [3.8, 4) is 6.07 Å². The first kappa shape index (κ1) is 13.5. The number of benzene rings is 1. The minimum Gasteiger partial charge on any atom is -0.340 e. The molecular weight excluding hydrogens is 290 g/mol. The van der Waals surface area contributed by atoms with Crippen LogP contribution in [0, 0.1) is 11.3 Å². The monoisotopic (exact) mass is 301 g/mol. The molecule has 7 nitrogen and oxygen atoms in total. The van der Waals surface area contributed by atoms with E-state index in [4.69, 9.17) is 5.26 Å². The zero-order valence-electron chi connectivity index (χ0n) is 11.1. The number of nitrogens with one attached hydrogen (secondary N) is 2. The largest absolute Gasteiger partial charge is 0.340 e. The van der Waals surface area contributed by atoms with Gasteiger partial charge >= 0.3 is 0 Å². The van der Waals surface area contributed by atoms with Crippen LogP contribution in [-0.2, 0) is 16.6 Å². The lowest BCUT2D eigenvalue weighted by Gasteiger charge is -1.98. The molecule has 106 valence electrons. The van der Waals surface area contributed by atoms with Gasteiger partial charge in [0, 0.05) is 5.39 Å². The van der Waals surface area contributed by atoms with Crippen molar-refractivity contribution in [3.05, 3.63) is 35.8 Å². The molecule has 0 bridgehead atoms. The molecule has 2 heterocycles. The SMILES string of the molecule is CS(=O)(=O)NCc1nc2c(cnc3ccc(C#N)cc32)[nH]1. The van der Waals surface area contributed by atoms with Gasteiger partial charge in [-0.1, -0.05) is 0 Å². The molecule has 2 aromatic heterocycles. The van der Waals surface area contributed by atoms with Crippen molar-refractivity contribution < 1.29 is 8.42 Å². The smallest absolute Gasteiger partial charge is 0.209 e. The van der Waals surface area contributed by atoms with Gasteiger partial charge in [0.05, 0.1) is 47.2 Å². The zero-order valence-corrected chi connectivity index (χ0v) is 11.9. The fraction of sp³-hybridized carbons (Fsp3) is 0.154. The van der Waals surface area contributed by atoms with Gasteiger partial charge in [-0.05, 0) is 18.2 Å². The summed E-state index contributed by atoms with van der Waals surface area (Å²) in [5.74, 6) is 0.493. The van der Waals surface area contributed by atoms with E-state index in [9.17, 15) is 8.42 Å². The zero-order chi connectivity index (χ0) is 15.0. The quantitative estimate of drug-likeness (QED) is 0.750. The average molecular weight is 301 g/mol. The molecule has 1 aromatic carbocycles. The normalized spacial score (nSPS) is 11.8. The summed E-state index contributed by atoms with van der Waals surface area (Å²) in [5.41, 5.74) is 2.62. The molecule has 3 aromatic rings. The summed E-state index contributed by atoms with van der Waals surface area (Å²) in [7, 11) is -3.28. The first-order valence-corrected chi connectivity index (χ1v) is 7.97. The van der Waals surface area contributed by atoms with E-state index >= 15 is 0 Å². The second-order valence-corrected chi connectivity index (χ2v) is 6.47. The van der Waals surface area contributed by atoms with E-state index in [1.165, 1.54) is 0 Å². The Morgan fingerprint density at radius 2 is 2.24 bits per heavy atom. The highest BCUT2D eigenvalue weighted by molar-refractivity contribution is 7.88. The first-order chi connectivity index (χ1) is 9.96. The van der Waals surface area contributed by atoms with Crippen molar-refractivity contribution in [2.45, 2.75) is 6.54 Å². The van der Waals surface area contributed by atoms with Crippen molar-refractivity contribution >= 4 is 32.0 Å². The molecule has 0 amide bonds. The van der Waals surface area contributed by atoms with E-state index in [2.05, 4.69) is 25.7 Å². The molecule has 0 aliphatic carbocycles. The predicted octanol–water partition coefficient (Wildman–Crippen LogP) is 1.03. The number of rotatable bonds is 3. The number of imidazole rings is 1. The van der Waals surface area contributed by atoms with Gasteiger partial charge in [-0.25, -0.2) is 18.1 Å². The maximum atomic E-state index is 11.1. The van der Waals surface area contributed by atoms with Crippen LogP contribution in [0.4, 0.5) is 0 Å². The lowest BCUT2D eigenvalue weighted by atomic mass is 10.1. The van der Waals surface area contributed by atoms with Crippen molar-refractivity contribution in [1.29, 1.82) is 5.26 Å². The van der Waals surface area contributed by atoms with Crippen LogP contribution in [0.3, 0.4) is 0 Å². The summed E-state index contributed by atoms with van der Waals surface area (Å²) in [6.07, 6.45) is 2.73. The molecule has 0 aliphatic rings. The summed E-state index contributed by atoms with van der Waals surface area (Å²) < 4.78 is 24.6. The molecule has 0 spiro atoms. The number of H-pyrrole nitrogens is 1. The van der Waals surface area contributed by atoms with Crippen molar-refractivity contribution in [1.82, 2.24) is 19.7 Å². The van der Waals surface area contributed by atoms with Crippen molar-refractivity contribution in [2.75, 3.05) is 6.26 Å². The molecule has 3 rings (SSSR count). The van der Waals surface area contributed by atoms with E-state index < -0.39 is 10.0 Å². The van der Waals surface area contributed by atoms with E-state index in [-0.39, 0.29) is 6.54 Å². The molecule has 0 unspecified atom stereocenters. The van der Waals surface area contributed by atoms with E-state index in [0.29, 0.717) is 22.4 Å². The van der Waals surface area contributed by atoms with Gasteiger partial charge in [0.15, 0.2) is 0 Å². The summed E-state index contributed by atoms with van der Waals surface area (Å²) in [6.45, 7) is 0.0763. The highest BCUT2D eigenvalue weighted by atomic mass is 32.2. The lowest BCUT2D eigenvalue weighted by Crippen LogP contribution is -2.21. The van der Waals surface area contributed by atoms with Gasteiger partial charge in [0.1, 0.15) is 5.82 Å². The Balaban J connectivity index is 2.12. The number of hydrogen-bond acceptors (Lipinski definition) is 5. The van der Waals surface area contributed by atoms with Crippen molar-refractivity contribution in [2.24, 2.45) is 0 Å². The van der Waals surface area contributed by atoms with Crippen LogP contribution in [0.25, 0.3) is 21.9 Å². The second-order valence-electron chi connectivity index (χ2n) is 4.64. The molecule has 8 heteroatoms. The first-order valence-electron chi connectivity index (χ1n) is 6.08. The van der Waals surface area contributed by atoms with Crippen LogP contribution < -0.4 is 4.72 Å². The fourth-order valence-corrected chi connectivity index (χ4v) is 2.46. The Kier molecular flexibility index (Phi) is 3.08. The number of aromatic nitrogens is 3. The summed E-state index contributed by atoms with van der Waals surface area (Å²) in [5, 5.41) is 9.73. The number of nitrogens with zero attached hydrogens (tertiary/aromatic N) is 3. The molecule has 0 aliphatic heterocycles. The van der Waals surface area contributed by atoms with Gasteiger partial charge < -0.3 is 4.98 Å². The molecular formula is C13H11N5O2S. The standard InChI is InChI=1S/C13H11N5O2S/c1-21(19,20)16-7-12-17-11-6-15-10-3-2-8(5-14)4-9(10)13(11)18-12/h2-4,6,16H,7H2,1H3,(H,17,18). The maximum Gasteiger partial charge on any atom is 0.209 e. The van der Waals surface area contributed by atoms with Gasteiger partial charge in [0.2, 0.25) is 10.0 Å². The minimum absolute atomic E-state index is 0.0763. The third-order valence-electron chi connectivity index (χ3n) is 3.00. The molecule has 0 saturated heterocycles. The van der Waals surface area contributed by atoms with Gasteiger partial charge in [-0.15, -0.1) is 0 Å². The van der Waals surface area contributed by atoms with E-state index in [1.54, 1.807) is 24.4 Å². The molecule has 2 N–H and O–H groups in total. The topological polar surface area (TPSA) is 112 Å². The fourth-order valence-electron chi connectivity index (χ4n) is 2.06. The molecule has 0 saturated carbocycles. The van der Waals surface area contributed by atoms with E-state index in [0.717, 1.165) is 17.2 Å². The third kappa shape index (κ3) is 2.69. The predicted molar refractivity (Wildman–Crippen MR) is 77.8 cm³/mol. The Hall–Kier alpha value is -2.50. The van der Waals surface area contributed by atoms with E-state index in [1.807, 2.05) is 0 Å². The minimum atomic E-state index is -3.28. The summed E-state index contributed by atoms with van der Waals surface area (Å²) in [6, 6.07) is 7.25. The number of pyridine rings is 1. The number of fused-ring (bicyclic) bond motifs is 3. The van der Waals surface area contributed by atoms with Crippen LogP contribution in [0.2, 0.25) is 0 Å². The Morgan fingerprint density at radius 3 is 2.95 bits per heavy atom. The van der Waals surface area contributed by atoms with Gasteiger partial charge in [-0.2, -0.15) is 5.26 Å². The number of nitriles is 1. The van der Waals surface area contributed by atoms with Crippen LogP contribution in [0.5, 0.6) is 0 Å². The number of sulfonamides is 1. The maximum absolute atomic E-state index is 11.1. The Labute approximate surface area is 120 Å². The van der Waals surface area contributed by atoms with Crippen LogP contribution >= 0.6 is 0 Å².